The Bertz CT molecular complexity index is 790. The van der Waals surface area contributed by atoms with Crippen LogP contribution in [0.3, 0.4) is 0 Å². The van der Waals surface area contributed by atoms with E-state index in [-0.39, 0.29) is 11.9 Å². The Morgan fingerprint density at radius 1 is 1.46 bits per heavy atom. The zero-order valence-electron chi connectivity index (χ0n) is 15.0. The molecule has 0 radical (unpaired) electrons. The fraction of sp³-hybridized carbons (Fsp3) is 0.556. The van der Waals surface area contributed by atoms with E-state index >= 15 is 0 Å². The van der Waals surface area contributed by atoms with Crippen LogP contribution in [-0.4, -0.2) is 51.4 Å². The van der Waals surface area contributed by atoms with Crippen molar-refractivity contribution in [2.24, 2.45) is 0 Å². The Hall–Kier alpha value is -2.48. The normalized spacial score (nSPS) is 19.9. The number of hydrogen-bond acceptors (Lipinski definition) is 6. The molecule has 0 unspecified atom stereocenters. The number of carbonyl (C=O) groups is 1. The average Bonchev–Trinajstić information content (AvgIpc) is 3.17. The molecule has 138 valence electrons. The molecule has 1 saturated heterocycles. The summed E-state index contributed by atoms with van der Waals surface area (Å²) in [5.74, 6) is 0.683. The van der Waals surface area contributed by atoms with Crippen molar-refractivity contribution in [3.05, 3.63) is 35.4 Å². The molecule has 0 aromatic carbocycles. The van der Waals surface area contributed by atoms with E-state index in [9.17, 15) is 4.79 Å². The van der Waals surface area contributed by atoms with Crippen LogP contribution in [0.25, 0.3) is 0 Å². The molecule has 4 heterocycles. The van der Waals surface area contributed by atoms with Crippen LogP contribution in [0.5, 0.6) is 0 Å². The minimum atomic E-state index is -0.0697. The molecular weight excluding hydrogens is 332 g/mol. The van der Waals surface area contributed by atoms with Gasteiger partial charge in [0, 0.05) is 50.1 Å². The van der Waals surface area contributed by atoms with Gasteiger partial charge in [-0.15, -0.1) is 0 Å². The number of piperidine rings is 1. The van der Waals surface area contributed by atoms with Gasteiger partial charge in [-0.1, -0.05) is 0 Å². The van der Waals surface area contributed by atoms with Gasteiger partial charge in [0.05, 0.1) is 18.9 Å². The minimum Gasteiger partial charge on any atom is -0.376 e. The molecule has 0 aliphatic carbocycles. The predicted molar refractivity (Wildman–Crippen MR) is 96.0 cm³/mol. The number of amides is 1. The lowest BCUT2D eigenvalue weighted by atomic mass is 10.1. The number of rotatable bonds is 4. The number of carbonyl (C=O) groups excluding carboxylic acids is 1. The number of hydrogen-bond donors (Lipinski definition) is 1. The second-order valence-corrected chi connectivity index (χ2v) is 6.74. The second-order valence-electron chi connectivity index (χ2n) is 6.74. The predicted octanol–water partition coefficient (Wildman–Crippen LogP) is 1.16. The van der Waals surface area contributed by atoms with Crippen molar-refractivity contribution in [3.63, 3.8) is 0 Å². The molecule has 2 aliphatic heterocycles. The first-order chi connectivity index (χ1) is 12.7. The van der Waals surface area contributed by atoms with Crippen molar-refractivity contribution in [2.45, 2.75) is 45.4 Å². The van der Waals surface area contributed by atoms with Crippen LogP contribution in [0.2, 0.25) is 0 Å². The number of fused-ring (bicyclic) bond motifs is 1. The molecule has 1 amide bonds. The number of aryl methyl sites for hydroxylation is 1. The number of aromatic nitrogens is 4. The van der Waals surface area contributed by atoms with Gasteiger partial charge in [-0.3, -0.25) is 9.48 Å². The van der Waals surface area contributed by atoms with Crippen LogP contribution in [-0.2, 0) is 24.3 Å². The van der Waals surface area contributed by atoms with Crippen molar-refractivity contribution in [3.8, 4) is 0 Å². The highest BCUT2D eigenvalue weighted by Gasteiger charge is 2.25. The Labute approximate surface area is 152 Å². The first-order valence-electron chi connectivity index (χ1n) is 9.24. The summed E-state index contributed by atoms with van der Waals surface area (Å²) in [6, 6.07) is 1.84. The molecule has 2 aromatic rings. The molecule has 0 spiro atoms. The highest BCUT2D eigenvalue weighted by Crippen LogP contribution is 2.20. The number of nitrogens with zero attached hydrogens (tertiary/aromatic N) is 5. The van der Waals surface area contributed by atoms with Crippen molar-refractivity contribution in [1.29, 1.82) is 0 Å². The summed E-state index contributed by atoms with van der Waals surface area (Å²) in [7, 11) is 0. The fourth-order valence-corrected chi connectivity index (χ4v) is 3.59. The van der Waals surface area contributed by atoms with Gasteiger partial charge in [-0.25, -0.2) is 9.97 Å². The highest BCUT2D eigenvalue weighted by molar-refractivity contribution is 5.92. The molecular formula is C18H24N6O2. The molecule has 1 N–H and O–H groups in total. The summed E-state index contributed by atoms with van der Waals surface area (Å²) in [5.41, 5.74) is 2.77. The molecule has 26 heavy (non-hydrogen) atoms. The minimum absolute atomic E-state index is 0.0697. The maximum atomic E-state index is 12.6. The quantitative estimate of drug-likeness (QED) is 0.885. The molecule has 0 saturated carbocycles. The molecule has 2 aromatic heterocycles. The molecule has 0 bridgehead atoms. The van der Waals surface area contributed by atoms with Gasteiger partial charge in [0.15, 0.2) is 0 Å². The summed E-state index contributed by atoms with van der Waals surface area (Å²) in [4.78, 5) is 24.0. The van der Waals surface area contributed by atoms with Crippen LogP contribution in [0.15, 0.2) is 18.5 Å². The topological polar surface area (TPSA) is 85.2 Å². The molecule has 1 atom stereocenters. The van der Waals surface area contributed by atoms with Crippen LogP contribution in [0.1, 0.15) is 41.5 Å². The summed E-state index contributed by atoms with van der Waals surface area (Å²) >= 11 is 0. The zero-order valence-corrected chi connectivity index (χ0v) is 15.0. The van der Waals surface area contributed by atoms with E-state index in [0.717, 1.165) is 49.6 Å². The Morgan fingerprint density at radius 3 is 3.27 bits per heavy atom. The van der Waals surface area contributed by atoms with Crippen molar-refractivity contribution < 1.29 is 9.53 Å². The summed E-state index contributed by atoms with van der Waals surface area (Å²) in [5, 5.41) is 7.31. The highest BCUT2D eigenvalue weighted by atomic mass is 16.5. The number of ether oxygens (including phenoxy) is 1. The maximum absolute atomic E-state index is 12.6. The average molecular weight is 356 g/mol. The molecule has 8 nitrogen and oxygen atoms in total. The smallest absolute Gasteiger partial charge is 0.269 e. The van der Waals surface area contributed by atoms with Gasteiger partial charge < -0.3 is 15.0 Å². The summed E-state index contributed by atoms with van der Waals surface area (Å²) < 4.78 is 7.16. The van der Waals surface area contributed by atoms with Crippen LogP contribution in [0, 0.1) is 0 Å². The molecule has 2 aliphatic rings. The molecule has 1 fully saturated rings. The van der Waals surface area contributed by atoms with E-state index in [1.165, 1.54) is 0 Å². The van der Waals surface area contributed by atoms with E-state index < -0.39 is 0 Å². The second kappa shape index (κ2) is 7.41. The van der Waals surface area contributed by atoms with Gasteiger partial charge in [-0.2, -0.15) is 5.10 Å². The van der Waals surface area contributed by atoms with E-state index in [4.69, 9.17) is 9.72 Å². The summed E-state index contributed by atoms with van der Waals surface area (Å²) in [6.07, 6.45) is 6.33. The van der Waals surface area contributed by atoms with Gasteiger partial charge in [-0.05, 0) is 25.8 Å². The molecule has 8 heteroatoms. The largest absolute Gasteiger partial charge is 0.376 e. The Kier molecular flexibility index (Phi) is 4.83. The third-order valence-corrected chi connectivity index (χ3v) is 4.97. The monoisotopic (exact) mass is 356 g/mol. The van der Waals surface area contributed by atoms with Crippen LogP contribution in [0.4, 0.5) is 5.95 Å². The van der Waals surface area contributed by atoms with Gasteiger partial charge >= 0.3 is 0 Å². The SMILES string of the molecule is CCn1nccc1C(=O)N[C@H]1CCCN(c2ncc3c(n2)CCOC3)C1. The lowest BCUT2D eigenvalue weighted by Crippen LogP contribution is -2.48. The standard InChI is InChI=1S/C18H24N6O2/c1-2-24-16(5-7-20-24)17(25)21-14-4-3-8-23(11-14)18-19-10-13-12-26-9-6-15(13)22-18/h5,7,10,14H,2-4,6,8-9,11-12H2,1H3,(H,21,25)/t14-/m0/s1. The lowest BCUT2D eigenvalue weighted by Gasteiger charge is -2.33. The van der Waals surface area contributed by atoms with Gasteiger partial charge in [0.25, 0.3) is 5.91 Å². The van der Waals surface area contributed by atoms with E-state index in [2.05, 4.69) is 20.3 Å². The fourth-order valence-electron chi connectivity index (χ4n) is 3.59. The molecule has 4 rings (SSSR count). The van der Waals surface area contributed by atoms with Gasteiger partial charge in [0.1, 0.15) is 5.69 Å². The van der Waals surface area contributed by atoms with Crippen LogP contribution >= 0.6 is 0 Å². The lowest BCUT2D eigenvalue weighted by molar-refractivity contribution is 0.0922. The van der Waals surface area contributed by atoms with E-state index in [1.54, 1.807) is 16.9 Å². The van der Waals surface area contributed by atoms with E-state index in [1.807, 2.05) is 13.1 Å². The first-order valence-corrected chi connectivity index (χ1v) is 9.24. The van der Waals surface area contributed by atoms with Crippen molar-refractivity contribution in [1.82, 2.24) is 25.1 Å². The number of nitrogens with one attached hydrogen (secondary N) is 1. The van der Waals surface area contributed by atoms with Crippen LogP contribution < -0.4 is 10.2 Å². The maximum Gasteiger partial charge on any atom is 0.269 e. The number of anilines is 1. The Balaban J connectivity index is 1.43. The van der Waals surface area contributed by atoms with Crippen molar-refractivity contribution in [2.75, 3.05) is 24.6 Å². The zero-order chi connectivity index (χ0) is 17.9. The third kappa shape index (κ3) is 3.41. The first kappa shape index (κ1) is 17.0. The summed E-state index contributed by atoms with van der Waals surface area (Å²) in [6.45, 7) is 5.60. The third-order valence-electron chi connectivity index (χ3n) is 4.97. The Morgan fingerprint density at radius 2 is 2.38 bits per heavy atom. The van der Waals surface area contributed by atoms with E-state index in [0.29, 0.717) is 25.5 Å². The van der Waals surface area contributed by atoms with Crippen molar-refractivity contribution >= 4 is 11.9 Å². The van der Waals surface area contributed by atoms with Gasteiger partial charge in [0.2, 0.25) is 5.95 Å².